The second kappa shape index (κ2) is 4.38. The van der Waals surface area contributed by atoms with Crippen molar-refractivity contribution in [1.82, 2.24) is 0 Å². The van der Waals surface area contributed by atoms with Crippen molar-refractivity contribution in [3.63, 3.8) is 0 Å². The van der Waals surface area contributed by atoms with Crippen LogP contribution in [0.15, 0.2) is 30.3 Å². The van der Waals surface area contributed by atoms with Crippen LogP contribution >= 0.6 is 0 Å². The van der Waals surface area contributed by atoms with Crippen LogP contribution in [0.3, 0.4) is 0 Å². The summed E-state index contributed by atoms with van der Waals surface area (Å²) in [7, 11) is 0. The molecule has 0 spiro atoms. The van der Waals surface area contributed by atoms with E-state index in [-0.39, 0.29) is 0 Å². The van der Waals surface area contributed by atoms with Crippen molar-refractivity contribution >= 4 is 16.5 Å². The Balaban J connectivity index is 2.13. The van der Waals surface area contributed by atoms with Crippen LogP contribution in [0, 0.1) is 6.42 Å². The summed E-state index contributed by atoms with van der Waals surface area (Å²) in [5.74, 6) is 0. The van der Waals surface area contributed by atoms with E-state index in [2.05, 4.69) is 42.1 Å². The number of rotatable bonds is 3. The molecule has 0 saturated heterocycles. The van der Waals surface area contributed by atoms with Gasteiger partial charge in [0.25, 0.3) is 0 Å². The summed E-state index contributed by atoms with van der Waals surface area (Å²) in [6.07, 6.45) is 4.21. The van der Waals surface area contributed by atoms with Gasteiger partial charge in [-0.1, -0.05) is 30.3 Å². The first kappa shape index (κ1) is 10.6. The van der Waals surface area contributed by atoms with E-state index in [4.69, 9.17) is 5.73 Å². The molecule has 0 aromatic heterocycles. The number of anilines is 1. The molecule has 3 rings (SSSR count). The first-order valence-electron chi connectivity index (χ1n) is 6.19. The molecule has 2 heteroatoms. The highest BCUT2D eigenvalue weighted by molar-refractivity contribution is 5.98. The standard InChI is InChI=1S/C15H17N2/c16-9-2-4-11-3-1-5-14-13(11)7-6-12-8-10-17-15(12)14/h1-3,5-7,17H,4,8-10,16H2. The Morgan fingerprint density at radius 3 is 3.00 bits per heavy atom. The normalized spacial score (nSPS) is 13.7. The van der Waals surface area contributed by atoms with Crippen molar-refractivity contribution in [3.05, 3.63) is 47.9 Å². The Kier molecular flexibility index (Phi) is 2.73. The molecule has 87 valence electrons. The zero-order valence-corrected chi connectivity index (χ0v) is 9.87. The van der Waals surface area contributed by atoms with Crippen molar-refractivity contribution in [2.45, 2.75) is 12.8 Å². The lowest BCUT2D eigenvalue weighted by Gasteiger charge is -2.10. The van der Waals surface area contributed by atoms with Gasteiger partial charge in [-0.05, 0) is 42.3 Å². The van der Waals surface area contributed by atoms with Gasteiger partial charge in [0.1, 0.15) is 0 Å². The van der Waals surface area contributed by atoms with Crippen molar-refractivity contribution in [2.75, 3.05) is 18.4 Å². The zero-order valence-electron chi connectivity index (χ0n) is 9.87. The molecule has 0 unspecified atom stereocenters. The summed E-state index contributed by atoms with van der Waals surface area (Å²) >= 11 is 0. The fourth-order valence-corrected chi connectivity index (χ4v) is 2.62. The molecule has 2 nitrogen and oxygen atoms in total. The van der Waals surface area contributed by atoms with E-state index >= 15 is 0 Å². The largest absolute Gasteiger partial charge is 0.384 e. The van der Waals surface area contributed by atoms with Crippen molar-refractivity contribution in [2.24, 2.45) is 5.73 Å². The third kappa shape index (κ3) is 1.79. The maximum Gasteiger partial charge on any atom is 0.0453 e. The Bertz CT molecular complexity index is 546. The first-order chi connectivity index (χ1) is 8.40. The molecule has 0 amide bonds. The third-order valence-electron chi connectivity index (χ3n) is 3.47. The summed E-state index contributed by atoms with van der Waals surface area (Å²) in [6, 6.07) is 11.0. The first-order valence-corrected chi connectivity index (χ1v) is 6.19. The van der Waals surface area contributed by atoms with E-state index in [1.807, 2.05) is 0 Å². The topological polar surface area (TPSA) is 38.0 Å². The molecule has 1 heterocycles. The molecule has 0 fully saturated rings. The molecule has 0 saturated carbocycles. The number of nitrogens with one attached hydrogen (secondary N) is 1. The number of hydrogen-bond donors (Lipinski definition) is 2. The van der Waals surface area contributed by atoms with Gasteiger partial charge in [-0.2, -0.15) is 0 Å². The zero-order chi connectivity index (χ0) is 11.7. The smallest absolute Gasteiger partial charge is 0.0453 e. The summed E-state index contributed by atoms with van der Waals surface area (Å²) in [6.45, 7) is 1.70. The van der Waals surface area contributed by atoms with Crippen molar-refractivity contribution < 1.29 is 0 Å². The maximum absolute atomic E-state index is 5.54. The van der Waals surface area contributed by atoms with E-state index in [0.717, 1.165) is 19.4 Å². The lowest BCUT2D eigenvalue weighted by Crippen LogP contribution is -2.01. The Morgan fingerprint density at radius 2 is 2.12 bits per heavy atom. The van der Waals surface area contributed by atoms with Crippen LogP contribution in [-0.4, -0.2) is 13.1 Å². The Labute approximate surface area is 102 Å². The summed E-state index contributed by atoms with van der Waals surface area (Å²) in [4.78, 5) is 0. The van der Waals surface area contributed by atoms with Gasteiger partial charge in [0.15, 0.2) is 0 Å². The van der Waals surface area contributed by atoms with Crippen LogP contribution in [0.2, 0.25) is 0 Å². The molecule has 17 heavy (non-hydrogen) atoms. The van der Waals surface area contributed by atoms with Gasteiger partial charge in [0.2, 0.25) is 0 Å². The SMILES string of the molecule is NC[CH]Cc1cccc2c3c(ccc12)CCN3. The minimum Gasteiger partial charge on any atom is -0.384 e. The lowest BCUT2D eigenvalue weighted by atomic mass is 9.97. The number of hydrogen-bond acceptors (Lipinski definition) is 2. The molecular weight excluding hydrogens is 208 g/mol. The van der Waals surface area contributed by atoms with Crippen LogP contribution in [0.25, 0.3) is 10.8 Å². The van der Waals surface area contributed by atoms with Gasteiger partial charge in [0.05, 0.1) is 0 Å². The highest BCUT2D eigenvalue weighted by Crippen LogP contribution is 2.33. The molecular formula is C15H17N2. The van der Waals surface area contributed by atoms with Gasteiger partial charge in [-0.25, -0.2) is 0 Å². The van der Waals surface area contributed by atoms with Crippen molar-refractivity contribution in [1.29, 1.82) is 0 Å². The van der Waals surface area contributed by atoms with E-state index in [0.29, 0.717) is 6.54 Å². The summed E-state index contributed by atoms with van der Waals surface area (Å²) in [5, 5.41) is 6.19. The Hall–Kier alpha value is -1.54. The van der Waals surface area contributed by atoms with Gasteiger partial charge in [0, 0.05) is 17.6 Å². The average molecular weight is 225 g/mol. The highest BCUT2D eigenvalue weighted by atomic mass is 14.9. The van der Waals surface area contributed by atoms with Crippen LogP contribution in [0.4, 0.5) is 5.69 Å². The summed E-state index contributed by atoms with van der Waals surface area (Å²) < 4.78 is 0. The predicted molar refractivity (Wildman–Crippen MR) is 73.2 cm³/mol. The van der Waals surface area contributed by atoms with Crippen molar-refractivity contribution in [3.8, 4) is 0 Å². The molecule has 1 aliphatic heterocycles. The van der Waals surface area contributed by atoms with Gasteiger partial charge in [-0.15, -0.1) is 0 Å². The maximum atomic E-state index is 5.54. The van der Waals surface area contributed by atoms with E-state index in [1.54, 1.807) is 0 Å². The average Bonchev–Trinajstić information content (AvgIpc) is 2.84. The molecule has 0 bridgehead atoms. The molecule has 1 aliphatic rings. The van der Waals surface area contributed by atoms with Gasteiger partial charge < -0.3 is 11.1 Å². The highest BCUT2D eigenvalue weighted by Gasteiger charge is 2.13. The Morgan fingerprint density at radius 1 is 1.18 bits per heavy atom. The second-order valence-corrected chi connectivity index (χ2v) is 4.52. The van der Waals surface area contributed by atoms with Crippen LogP contribution in [-0.2, 0) is 12.8 Å². The van der Waals surface area contributed by atoms with E-state index in [9.17, 15) is 0 Å². The molecule has 2 aromatic carbocycles. The fraction of sp³-hybridized carbons (Fsp3) is 0.267. The van der Waals surface area contributed by atoms with Crippen LogP contribution in [0.5, 0.6) is 0 Å². The summed E-state index contributed by atoms with van der Waals surface area (Å²) in [5.41, 5.74) is 9.68. The molecule has 3 N–H and O–H groups in total. The van der Waals surface area contributed by atoms with E-state index in [1.165, 1.54) is 27.6 Å². The number of benzene rings is 2. The molecule has 1 radical (unpaired) electrons. The quantitative estimate of drug-likeness (QED) is 0.842. The third-order valence-corrected chi connectivity index (χ3v) is 3.47. The molecule has 2 aromatic rings. The minimum absolute atomic E-state index is 0.638. The van der Waals surface area contributed by atoms with Gasteiger partial charge in [-0.3, -0.25) is 0 Å². The molecule has 0 aliphatic carbocycles. The minimum atomic E-state index is 0.638. The fourth-order valence-electron chi connectivity index (χ4n) is 2.62. The predicted octanol–water partition coefficient (Wildman–Crippen LogP) is 2.51. The van der Waals surface area contributed by atoms with Gasteiger partial charge >= 0.3 is 0 Å². The monoisotopic (exact) mass is 225 g/mol. The van der Waals surface area contributed by atoms with Crippen LogP contribution < -0.4 is 11.1 Å². The number of fused-ring (bicyclic) bond motifs is 3. The molecule has 0 atom stereocenters. The van der Waals surface area contributed by atoms with Crippen LogP contribution in [0.1, 0.15) is 11.1 Å². The van der Waals surface area contributed by atoms with E-state index < -0.39 is 0 Å². The number of nitrogens with two attached hydrogens (primary N) is 1. The lowest BCUT2D eigenvalue weighted by molar-refractivity contribution is 1.04. The second-order valence-electron chi connectivity index (χ2n) is 4.52.